The first-order valence-corrected chi connectivity index (χ1v) is 12.8. The van der Waals surface area contributed by atoms with Gasteiger partial charge in [0.2, 0.25) is 0 Å². The van der Waals surface area contributed by atoms with Crippen LogP contribution in [-0.2, 0) is 14.3 Å². The zero-order chi connectivity index (χ0) is 26.0. The topological polar surface area (TPSA) is 106 Å². The molecule has 0 radical (unpaired) electrons. The van der Waals surface area contributed by atoms with E-state index in [1.807, 2.05) is 6.92 Å². The molecule has 1 N–H and O–H groups in total. The zero-order valence-corrected chi connectivity index (χ0v) is 22.2. The molecule has 1 aliphatic heterocycles. The average Bonchev–Trinajstić information content (AvgIpc) is 3.36. The number of benzene rings is 2. The number of carbonyl (C=O) groups is 3. The standard InChI is InChI=1S/C26H23BrN2O6S/c1-4-34-18-8-6-7-16(13-18)21(30)19-20(15-9-11-17(27)12-10-15)29(24(32)22(19)31)26-28-14(3)23(36-26)25(33)35-5-2/h6-13,20,30H,4-5H2,1-3H3/b21-19+. The maximum absolute atomic E-state index is 13.3. The van der Waals surface area contributed by atoms with Crippen molar-refractivity contribution < 1.29 is 29.0 Å². The molecule has 8 nitrogen and oxygen atoms in total. The number of esters is 1. The van der Waals surface area contributed by atoms with Gasteiger partial charge in [-0.1, -0.05) is 51.5 Å². The summed E-state index contributed by atoms with van der Waals surface area (Å²) in [4.78, 5) is 44.9. The van der Waals surface area contributed by atoms with Gasteiger partial charge in [-0.05, 0) is 50.6 Å². The monoisotopic (exact) mass is 570 g/mol. The van der Waals surface area contributed by atoms with Crippen molar-refractivity contribution in [2.75, 3.05) is 18.1 Å². The number of nitrogens with zero attached hydrogens (tertiary/aromatic N) is 2. The van der Waals surface area contributed by atoms with Crippen LogP contribution in [0.3, 0.4) is 0 Å². The Morgan fingerprint density at radius 1 is 1.14 bits per heavy atom. The van der Waals surface area contributed by atoms with E-state index in [4.69, 9.17) is 9.47 Å². The Bertz CT molecular complexity index is 1370. The van der Waals surface area contributed by atoms with Crippen LogP contribution in [0.15, 0.2) is 58.6 Å². The van der Waals surface area contributed by atoms with Crippen molar-refractivity contribution in [3.8, 4) is 5.75 Å². The number of ketones is 1. The minimum Gasteiger partial charge on any atom is -0.507 e. The van der Waals surface area contributed by atoms with Gasteiger partial charge in [0, 0.05) is 10.0 Å². The van der Waals surface area contributed by atoms with Crippen LogP contribution in [0.2, 0.25) is 0 Å². The first kappa shape index (κ1) is 25.6. The van der Waals surface area contributed by atoms with Crippen molar-refractivity contribution in [2.45, 2.75) is 26.8 Å². The summed E-state index contributed by atoms with van der Waals surface area (Å²) in [6, 6.07) is 12.8. The summed E-state index contributed by atoms with van der Waals surface area (Å²) in [6.07, 6.45) is 0. The fraction of sp³-hybridized carbons (Fsp3) is 0.231. The van der Waals surface area contributed by atoms with Gasteiger partial charge >= 0.3 is 11.9 Å². The van der Waals surface area contributed by atoms with Crippen LogP contribution in [0.5, 0.6) is 5.75 Å². The van der Waals surface area contributed by atoms with Gasteiger partial charge in [-0.15, -0.1) is 0 Å². The predicted octanol–water partition coefficient (Wildman–Crippen LogP) is 5.42. The summed E-state index contributed by atoms with van der Waals surface area (Å²) >= 11 is 4.36. The molecule has 4 rings (SSSR count). The average molecular weight is 571 g/mol. The Kier molecular flexibility index (Phi) is 7.56. The minimum atomic E-state index is -0.963. The molecule has 186 valence electrons. The SMILES string of the molecule is CCOC(=O)c1sc(N2C(=O)C(=O)/C(=C(/O)c3cccc(OCC)c3)C2c2ccc(Br)cc2)nc1C. The number of hydrogen-bond donors (Lipinski definition) is 1. The maximum Gasteiger partial charge on any atom is 0.350 e. The number of rotatable bonds is 7. The number of aliphatic hydroxyl groups is 1. The lowest BCUT2D eigenvalue weighted by atomic mass is 9.95. The van der Waals surface area contributed by atoms with E-state index in [0.717, 1.165) is 15.8 Å². The number of aromatic nitrogens is 1. The molecule has 1 fully saturated rings. The number of ether oxygens (including phenoxy) is 2. The van der Waals surface area contributed by atoms with Gasteiger partial charge in [0.25, 0.3) is 5.78 Å². The molecule has 2 heterocycles. The van der Waals surface area contributed by atoms with Crippen LogP contribution < -0.4 is 9.64 Å². The molecule has 0 saturated carbocycles. The third-order valence-electron chi connectivity index (χ3n) is 5.50. The highest BCUT2D eigenvalue weighted by molar-refractivity contribution is 9.10. The second kappa shape index (κ2) is 10.6. The third-order valence-corrected chi connectivity index (χ3v) is 7.17. The van der Waals surface area contributed by atoms with Crippen molar-refractivity contribution >= 4 is 55.8 Å². The predicted molar refractivity (Wildman–Crippen MR) is 139 cm³/mol. The molecule has 0 spiro atoms. The normalized spacial score (nSPS) is 16.9. The van der Waals surface area contributed by atoms with Gasteiger partial charge in [-0.3, -0.25) is 14.5 Å². The summed E-state index contributed by atoms with van der Waals surface area (Å²) in [5.41, 5.74) is 1.23. The van der Waals surface area contributed by atoms with Crippen LogP contribution in [0.25, 0.3) is 5.76 Å². The lowest BCUT2D eigenvalue weighted by Gasteiger charge is -2.23. The molecule has 1 unspecified atom stereocenters. The van der Waals surface area contributed by atoms with Crippen LogP contribution in [0, 0.1) is 6.92 Å². The smallest absolute Gasteiger partial charge is 0.350 e. The molecule has 1 aliphatic rings. The molecule has 0 aliphatic carbocycles. The number of Topliss-reactive ketones (excluding diaryl/α,β-unsaturated/α-hetero) is 1. The lowest BCUT2D eigenvalue weighted by Crippen LogP contribution is -2.29. The van der Waals surface area contributed by atoms with E-state index >= 15 is 0 Å². The highest BCUT2D eigenvalue weighted by Gasteiger charge is 2.48. The second-order valence-electron chi connectivity index (χ2n) is 7.81. The number of anilines is 1. The number of aryl methyl sites for hydroxylation is 1. The molecule has 0 bridgehead atoms. The molecular formula is C26H23BrN2O6S. The molecule has 1 aromatic heterocycles. The Balaban J connectivity index is 1.89. The van der Waals surface area contributed by atoms with Gasteiger partial charge in [0.15, 0.2) is 5.13 Å². The number of aliphatic hydroxyl groups excluding tert-OH is 1. The summed E-state index contributed by atoms with van der Waals surface area (Å²) in [7, 11) is 0. The fourth-order valence-electron chi connectivity index (χ4n) is 3.92. The number of hydrogen-bond acceptors (Lipinski definition) is 8. The van der Waals surface area contributed by atoms with E-state index in [-0.39, 0.29) is 27.9 Å². The highest BCUT2D eigenvalue weighted by atomic mass is 79.9. The van der Waals surface area contributed by atoms with Gasteiger partial charge < -0.3 is 14.6 Å². The van der Waals surface area contributed by atoms with E-state index in [2.05, 4.69) is 20.9 Å². The van der Waals surface area contributed by atoms with Crippen molar-refractivity contribution in [2.24, 2.45) is 0 Å². The number of halogens is 1. The summed E-state index contributed by atoms with van der Waals surface area (Å²) in [5.74, 6) is -2.07. The Hall–Kier alpha value is -3.50. The number of amides is 1. The summed E-state index contributed by atoms with van der Waals surface area (Å²) < 4.78 is 11.4. The molecular weight excluding hydrogens is 548 g/mol. The molecule has 1 saturated heterocycles. The van der Waals surface area contributed by atoms with E-state index in [1.54, 1.807) is 62.4 Å². The van der Waals surface area contributed by atoms with Crippen molar-refractivity contribution in [1.29, 1.82) is 0 Å². The van der Waals surface area contributed by atoms with Crippen molar-refractivity contribution in [3.63, 3.8) is 0 Å². The van der Waals surface area contributed by atoms with Gasteiger partial charge in [-0.2, -0.15) is 0 Å². The maximum atomic E-state index is 13.3. The minimum absolute atomic E-state index is 0.0819. The van der Waals surface area contributed by atoms with Crippen molar-refractivity contribution in [3.05, 3.63) is 80.3 Å². The molecule has 36 heavy (non-hydrogen) atoms. The largest absolute Gasteiger partial charge is 0.507 e. The van der Waals surface area contributed by atoms with E-state index in [0.29, 0.717) is 29.2 Å². The fourth-order valence-corrected chi connectivity index (χ4v) is 5.17. The Morgan fingerprint density at radius 2 is 1.86 bits per heavy atom. The molecule has 2 aromatic carbocycles. The van der Waals surface area contributed by atoms with Crippen LogP contribution in [-0.4, -0.2) is 41.0 Å². The molecule has 1 atom stereocenters. The Morgan fingerprint density at radius 3 is 2.53 bits per heavy atom. The van der Waals surface area contributed by atoms with Crippen molar-refractivity contribution in [1.82, 2.24) is 4.98 Å². The van der Waals surface area contributed by atoms with Gasteiger partial charge in [-0.25, -0.2) is 9.78 Å². The number of thiazole rings is 1. The Labute approximate surface area is 220 Å². The van der Waals surface area contributed by atoms with E-state index in [9.17, 15) is 19.5 Å². The van der Waals surface area contributed by atoms with Gasteiger partial charge in [0.1, 0.15) is 16.4 Å². The van der Waals surface area contributed by atoms with Gasteiger partial charge in [0.05, 0.1) is 30.5 Å². The second-order valence-corrected chi connectivity index (χ2v) is 9.71. The number of carbonyl (C=O) groups excluding carboxylic acids is 3. The highest BCUT2D eigenvalue weighted by Crippen LogP contribution is 2.44. The first-order chi connectivity index (χ1) is 17.3. The molecule has 3 aromatic rings. The van der Waals surface area contributed by atoms with Crippen LogP contribution in [0.4, 0.5) is 5.13 Å². The third kappa shape index (κ3) is 4.78. The first-order valence-electron chi connectivity index (χ1n) is 11.2. The molecule has 10 heteroatoms. The van der Waals surface area contributed by atoms with Crippen LogP contribution >= 0.6 is 27.3 Å². The lowest BCUT2D eigenvalue weighted by molar-refractivity contribution is -0.132. The van der Waals surface area contributed by atoms with E-state index < -0.39 is 23.7 Å². The van der Waals surface area contributed by atoms with Crippen LogP contribution in [0.1, 0.15) is 46.4 Å². The summed E-state index contributed by atoms with van der Waals surface area (Å²) in [5, 5.41) is 11.5. The summed E-state index contributed by atoms with van der Waals surface area (Å²) in [6.45, 7) is 5.79. The molecule has 1 amide bonds. The quantitative estimate of drug-likeness (QED) is 0.175. The zero-order valence-electron chi connectivity index (χ0n) is 19.8. The van der Waals surface area contributed by atoms with E-state index in [1.165, 1.54) is 4.90 Å².